The second kappa shape index (κ2) is 10.6. The number of rotatable bonds is 9. The largest absolute Gasteiger partial charge is 0.464 e. The summed E-state index contributed by atoms with van der Waals surface area (Å²) in [6.07, 6.45) is 9.22. The van der Waals surface area contributed by atoms with Crippen molar-refractivity contribution >= 4 is 35.8 Å². The van der Waals surface area contributed by atoms with E-state index in [1.165, 1.54) is 62.2 Å². The average Bonchev–Trinajstić information content (AvgIpc) is 3.37. The Hall–Kier alpha value is -2.91. The molecule has 1 atom stereocenters. The number of benzene rings is 1. The van der Waals surface area contributed by atoms with Gasteiger partial charge in [0.1, 0.15) is 17.6 Å². The fourth-order valence-corrected chi connectivity index (χ4v) is 8.69. The minimum Gasteiger partial charge on any atom is -0.464 e. The molecule has 2 N–H and O–H groups in total. The van der Waals surface area contributed by atoms with Crippen LogP contribution in [0.2, 0.25) is 0 Å². The van der Waals surface area contributed by atoms with E-state index in [2.05, 4.69) is 10.6 Å². The maximum atomic E-state index is 13.5. The Kier molecular flexibility index (Phi) is 7.14. The van der Waals surface area contributed by atoms with Crippen LogP contribution in [-0.4, -0.2) is 47.5 Å². The number of amides is 3. The van der Waals surface area contributed by atoms with Gasteiger partial charge in [0.25, 0.3) is 5.91 Å². The number of carbonyl (C=O) groups is 4. The van der Waals surface area contributed by atoms with Crippen LogP contribution in [0.1, 0.15) is 83.6 Å². The first kappa shape index (κ1) is 26.3. The van der Waals surface area contributed by atoms with Crippen LogP contribution in [0.25, 0.3) is 0 Å². The van der Waals surface area contributed by atoms with E-state index in [1.54, 1.807) is 12.1 Å². The van der Waals surface area contributed by atoms with Gasteiger partial charge in [-0.25, -0.2) is 0 Å². The van der Waals surface area contributed by atoms with E-state index >= 15 is 0 Å². The lowest BCUT2D eigenvalue weighted by molar-refractivity contribution is -0.136. The van der Waals surface area contributed by atoms with Gasteiger partial charge in [-0.1, -0.05) is 12.1 Å². The van der Waals surface area contributed by atoms with Crippen molar-refractivity contribution in [3.63, 3.8) is 0 Å². The van der Waals surface area contributed by atoms with Crippen LogP contribution in [0, 0.1) is 17.8 Å². The third kappa shape index (κ3) is 5.31. The van der Waals surface area contributed by atoms with Crippen LogP contribution in [0.15, 0.2) is 39.6 Å². The summed E-state index contributed by atoms with van der Waals surface area (Å²) >= 11 is 1.43. The van der Waals surface area contributed by atoms with Crippen LogP contribution in [0.5, 0.6) is 0 Å². The van der Waals surface area contributed by atoms with Crippen molar-refractivity contribution in [2.75, 3.05) is 7.05 Å². The highest BCUT2D eigenvalue weighted by atomic mass is 32.2. The molecule has 2 heterocycles. The molecule has 0 radical (unpaired) electrons. The number of hydrogen-bond acceptors (Lipinski definition) is 7. The third-order valence-corrected chi connectivity index (χ3v) is 10.2. The Morgan fingerprint density at radius 1 is 1.10 bits per heavy atom. The maximum Gasteiger partial charge on any atom is 0.256 e. The van der Waals surface area contributed by atoms with Gasteiger partial charge in [-0.15, -0.1) is 11.8 Å². The summed E-state index contributed by atoms with van der Waals surface area (Å²) < 4.78 is 6.16. The molecule has 1 aliphatic heterocycles. The Morgan fingerprint density at radius 2 is 1.79 bits per heavy atom. The van der Waals surface area contributed by atoms with Crippen molar-refractivity contribution in [1.82, 2.24) is 15.5 Å². The van der Waals surface area contributed by atoms with E-state index in [-0.39, 0.29) is 35.4 Å². The van der Waals surface area contributed by atoms with Crippen LogP contribution in [0.4, 0.5) is 0 Å². The molecule has 5 fully saturated rings. The first-order valence-corrected chi connectivity index (χ1v) is 15.0. The minimum atomic E-state index is -0.762. The molecule has 9 heteroatoms. The molecule has 39 heavy (non-hydrogen) atoms. The second-order valence-corrected chi connectivity index (χ2v) is 12.9. The molecular weight excluding hydrogens is 514 g/mol. The number of thioether (sulfide) groups is 1. The molecule has 3 amide bonds. The summed E-state index contributed by atoms with van der Waals surface area (Å²) in [7, 11) is 1.54. The number of aldehydes is 1. The number of nitrogens with one attached hydrogen (secondary N) is 2. The van der Waals surface area contributed by atoms with Crippen molar-refractivity contribution < 1.29 is 23.6 Å². The number of likely N-dealkylation sites (N-methyl/N-ethyl adjacent to an activating group) is 1. The Morgan fingerprint density at radius 3 is 2.46 bits per heavy atom. The van der Waals surface area contributed by atoms with E-state index in [4.69, 9.17) is 4.42 Å². The lowest BCUT2D eigenvalue weighted by atomic mass is 9.53. The molecule has 4 bridgehead atoms. The lowest BCUT2D eigenvalue weighted by Gasteiger charge is -2.57. The summed E-state index contributed by atoms with van der Waals surface area (Å²) in [4.78, 5) is 51.2. The van der Waals surface area contributed by atoms with Gasteiger partial charge in [0.15, 0.2) is 6.29 Å². The van der Waals surface area contributed by atoms with Gasteiger partial charge in [0.05, 0.1) is 17.9 Å². The fourth-order valence-electron chi connectivity index (χ4n) is 7.71. The third-order valence-electron chi connectivity index (χ3n) is 9.16. The van der Waals surface area contributed by atoms with Crippen molar-refractivity contribution in [1.29, 1.82) is 0 Å². The van der Waals surface area contributed by atoms with Gasteiger partial charge in [-0.05, 0) is 80.9 Å². The molecule has 5 aliphatic rings. The summed E-state index contributed by atoms with van der Waals surface area (Å²) in [5.74, 6) is 3.63. The molecule has 8 nitrogen and oxygen atoms in total. The van der Waals surface area contributed by atoms with Gasteiger partial charge < -0.3 is 14.6 Å². The van der Waals surface area contributed by atoms with Crippen molar-refractivity contribution in [3.8, 4) is 0 Å². The van der Waals surface area contributed by atoms with Crippen molar-refractivity contribution in [3.05, 3.63) is 53.0 Å². The molecule has 1 aromatic carbocycles. The van der Waals surface area contributed by atoms with Crippen LogP contribution < -0.4 is 10.6 Å². The number of carbonyl (C=O) groups excluding carboxylic acids is 4. The highest BCUT2D eigenvalue weighted by molar-refractivity contribution is 7.98. The molecule has 0 spiro atoms. The molecule has 4 aliphatic carbocycles. The van der Waals surface area contributed by atoms with E-state index in [9.17, 15) is 19.2 Å². The molecule has 206 valence electrons. The smallest absolute Gasteiger partial charge is 0.256 e. The predicted octanol–water partition coefficient (Wildman–Crippen LogP) is 4.32. The van der Waals surface area contributed by atoms with Crippen molar-refractivity contribution in [2.24, 2.45) is 17.8 Å². The Bertz CT molecular complexity index is 1270. The van der Waals surface area contributed by atoms with Crippen LogP contribution in [-0.2, 0) is 21.9 Å². The van der Waals surface area contributed by atoms with E-state index in [1.807, 2.05) is 18.2 Å². The number of furan rings is 1. The molecule has 4 saturated carbocycles. The zero-order valence-electron chi connectivity index (χ0n) is 22.2. The second-order valence-electron chi connectivity index (χ2n) is 11.9. The van der Waals surface area contributed by atoms with Crippen LogP contribution >= 0.6 is 11.8 Å². The molecule has 2 aromatic rings. The quantitative estimate of drug-likeness (QED) is 0.272. The lowest BCUT2D eigenvalue weighted by Crippen LogP contribution is -2.58. The average molecular weight is 550 g/mol. The molecule has 1 aromatic heterocycles. The topological polar surface area (TPSA) is 109 Å². The zero-order valence-corrected chi connectivity index (χ0v) is 23.1. The molecule has 1 unspecified atom stereocenters. The Balaban J connectivity index is 1.11. The molecular formula is C30H35N3O5S. The number of hydrogen-bond donors (Lipinski definition) is 2. The van der Waals surface area contributed by atoms with Crippen molar-refractivity contribution in [2.45, 2.75) is 80.1 Å². The fraction of sp³-hybridized carbons (Fsp3) is 0.533. The molecule has 7 rings (SSSR count). The van der Waals surface area contributed by atoms with E-state index < -0.39 is 17.9 Å². The van der Waals surface area contributed by atoms with Gasteiger partial charge in [-0.3, -0.25) is 24.5 Å². The highest BCUT2D eigenvalue weighted by Crippen LogP contribution is 2.55. The van der Waals surface area contributed by atoms with Gasteiger partial charge in [0.2, 0.25) is 11.8 Å². The van der Waals surface area contributed by atoms with Gasteiger partial charge in [0, 0.05) is 29.5 Å². The SMILES string of the molecule is CN(C(=O)c1c(C=O)cccc1SCc1ccc(CNC23CC4CC(CC(C4)C2)C3)o1)C1CCC(=O)NC1=O. The standard InChI is InChI=1S/C30H35N3O5S/c1-33(24-7-8-26(35)32-28(24)36)29(37)27-21(16-34)3-2-4-25(27)39-17-23-6-5-22(38-23)15-31-30-12-18-9-19(13-30)11-20(10-18)14-30/h2-6,16,18-20,24,31H,7-15,17H2,1H3,(H,32,35,36). The summed E-state index contributed by atoms with van der Waals surface area (Å²) in [6, 6.07) is 8.39. The normalized spacial score (nSPS) is 29.4. The monoisotopic (exact) mass is 549 g/mol. The number of piperidine rings is 1. The minimum absolute atomic E-state index is 0.170. The van der Waals surface area contributed by atoms with Gasteiger partial charge >= 0.3 is 0 Å². The zero-order chi connectivity index (χ0) is 27.1. The Labute approximate surface area is 232 Å². The maximum absolute atomic E-state index is 13.5. The first-order valence-electron chi connectivity index (χ1n) is 14.0. The summed E-state index contributed by atoms with van der Waals surface area (Å²) in [5.41, 5.74) is 0.805. The van der Waals surface area contributed by atoms with E-state index in [0.29, 0.717) is 16.9 Å². The highest BCUT2D eigenvalue weighted by Gasteiger charge is 2.50. The number of imide groups is 1. The van der Waals surface area contributed by atoms with Crippen LogP contribution in [0.3, 0.4) is 0 Å². The van der Waals surface area contributed by atoms with Gasteiger partial charge in [-0.2, -0.15) is 0 Å². The number of nitrogens with zero attached hydrogens (tertiary/aromatic N) is 1. The van der Waals surface area contributed by atoms with E-state index in [0.717, 1.165) is 35.8 Å². The predicted molar refractivity (Wildman–Crippen MR) is 146 cm³/mol. The molecule has 1 saturated heterocycles. The summed E-state index contributed by atoms with van der Waals surface area (Å²) in [5, 5.41) is 6.17. The summed E-state index contributed by atoms with van der Waals surface area (Å²) in [6.45, 7) is 0.720. The first-order chi connectivity index (χ1) is 18.8.